The Hall–Kier alpha value is -2.56. The van der Waals surface area contributed by atoms with Crippen molar-refractivity contribution < 1.29 is 4.79 Å². The van der Waals surface area contributed by atoms with E-state index in [1.54, 1.807) is 6.92 Å². The molecule has 1 amide bonds. The highest BCUT2D eigenvalue weighted by molar-refractivity contribution is 5.99. The number of aryl methyl sites for hydroxylation is 2. The number of hydrogen-bond acceptors (Lipinski definition) is 4. The Morgan fingerprint density at radius 2 is 1.95 bits per heavy atom. The number of anilines is 2. The molecule has 2 aromatic rings. The second-order valence-electron chi connectivity index (χ2n) is 5.16. The van der Waals surface area contributed by atoms with E-state index in [1.807, 2.05) is 49.2 Å². The summed E-state index contributed by atoms with van der Waals surface area (Å²) in [6.45, 7) is 4.28. The van der Waals surface area contributed by atoms with E-state index in [1.165, 1.54) is 0 Å². The van der Waals surface area contributed by atoms with Gasteiger partial charge in [0.05, 0.1) is 16.9 Å². The molecule has 110 valence electrons. The van der Waals surface area contributed by atoms with Crippen LogP contribution < -0.4 is 16.4 Å². The molecule has 0 saturated heterocycles. The second kappa shape index (κ2) is 5.83. The lowest BCUT2D eigenvalue weighted by molar-refractivity contribution is 0.1000. The lowest BCUT2D eigenvalue weighted by Crippen LogP contribution is -2.24. The standard InChI is InChI=1S/C16H20N4O/c1-10-8-14(15(16(18)21)11(2)19-10)20(3)9-12-6-4-5-7-13(12)17/h4-8H,9,17H2,1-3H3,(H2,18,21). The molecule has 1 heterocycles. The van der Waals surface area contributed by atoms with Gasteiger partial charge in [0.1, 0.15) is 0 Å². The quantitative estimate of drug-likeness (QED) is 0.841. The van der Waals surface area contributed by atoms with Gasteiger partial charge in [0.15, 0.2) is 0 Å². The van der Waals surface area contributed by atoms with Crippen molar-refractivity contribution in [2.75, 3.05) is 17.7 Å². The van der Waals surface area contributed by atoms with Crippen molar-refractivity contribution in [2.45, 2.75) is 20.4 Å². The average Bonchev–Trinajstić information content (AvgIpc) is 2.39. The molecule has 0 unspecified atom stereocenters. The van der Waals surface area contributed by atoms with Crippen LogP contribution in [0.25, 0.3) is 0 Å². The summed E-state index contributed by atoms with van der Waals surface area (Å²) in [5.74, 6) is -0.470. The summed E-state index contributed by atoms with van der Waals surface area (Å²) in [4.78, 5) is 18.0. The molecule has 0 bridgehead atoms. The van der Waals surface area contributed by atoms with E-state index in [0.717, 1.165) is 22.6 Å². The van der Waals surface area contributed by atoms with Crippen LogP contribution in [0, 0.1) is 13.8 Å². The Kier molecular flexibility index (Phi) is 4.12. The smallest absolute Gasteiger partial charge is 0.252 e. The summed E-state index contributed by atoms with van der Waals surface area (Å²) in [6.07, 6.45) is 0. The largest absolute Gasteiger partial charge is 0.398 e. The summed E-state index contributed by atoms with van der Waals surface area (Å²) in [7, 11) is 1.91. The maximum Gasteiger partial charge on any atom is 0.252 e. The number of carbonyl (C=O) groups is 1. The van der Waals surface area contributed by atoms with Crippen LogP contribution in [-0.2, 0) is 6.54 Å². The van der Waals surface area contributed by atoms with E-state index in [9.17, 15) is 4.79 Å². The second-order valence-corrected chi connectivity index (χ2v) is 5.16. The Balaban J connectivity index is 2.41. The first-order valence-corrected chi connectivity index (χ1v) is 6.72. The van der Waals surface area contributed by atoms with Crippen LogP contribution in [0.4, 0.5) is 11.4 Å². The first kappa shape index (κ1) is 14.8. The third-order valence-corrected chi connectivity index (χ3v) is 3.43. The maximum absolute atomic E-state index is 11.7. The SMILES string of the molecule is Cc1cc(N(C)Cc2ccccc2N)c(C(N)=O)c(C)n1. The Bertz CT molecular complexity index is 682. The van der Waals surface area contributed by atoms with Crippen molar-refractivity contribution in [3.63, 3.8) is 0 Å². The predicted molar refractivity (Wildman–Crippen MR) is 85.2 cm³/mol. The minimum Gasteiger partial charge on any atom is -0.398 e. The monoisotopic (exact) mass is 284 g/mol. The highest BCUT2D eigenvalue weighted by Gasteiger charge is 2.17. The molecule has 0 saturated carbocycles. The van der Waals surface area contributed by atoms with Crippen LogP contribution in [0.1, 0.15) is 27.3 Å². The van der Waals surface area contributed by atoms with Crippen LogP contribution in [0.5, 0.6) is 0 Å². The minimum absolute atomic E-state index is 0.456. The predicted octanol–water partition coefficient (Wildman–Crippen LogP) is 2.02. The fourth-order valence-corrected chi connectivity index (χ4v) is 2.43. The van der Waals surface area contributed by atoms with Gasteiger partial charge in [0.2, 0.25) is 0 Å². The lowest BCUT2D eigenvalue weighted by Gasteiger charge is -2.23. The molecule has 21 heavy (non-hydrogen) atoms. The molecule has 0 fully saturated rings. The van der Waals surface area contributed by atoms with E-state index in [0.29, 0.717) is 17.8 Å². The van der Waals surface area contributed by atoms with Crippen molar-refractivity contribution in [1.29, 1.82) is 0 Å². The molecule has 1 aromatic carbocycles. The van der Waals surface area contributed by atoms with Crippen molar-refractivity contribution >= 4 is 17.3 Å². The number of benzene rings is 1. The van der Waals surface area contributed by atoms with E-state index >= 15 is 0 Å². The molecule has 0 aliphatic carbocycles. The first-order valence-electron chi connectivity index (χ1n) is 6.72. The number of aromatic nitrogens is 1. The van der Waals surface area contributed by atoms with Gasteiger partial charge in [-0.1, -0.05) is 18.2 Å². The zero-order valence-corrected chi connectivity index (χ0v) is 12.6. The van der Waals surface area contributed by atoms with Crippen LogP contribution in [0.2, 0.25) is 0 Å². The summed E-state index contributed by atoms with van der Waals surface area (Å²) in [6, 6.07) is 9.54. The molecule has 4 N–H and O–H groups in total. The third-order valence-electron chi connectivity index (χ3n) is 3.43. The molecule has 5 nitrogen and oxygen atoms in total. The normalized spacial score (nSPS) is 10.4. The molecular formula is C16H20N4O. The number of nitrogens with two attached hydrogens (primary N) is 2. The van der Waals surface area contributed by atoms with Crippen molar-refractivity contribution in [3.8, 4) is 0 Å². The molecule has 0 atom stereocenters. The molecule has 0 aliphatic heterocycles. The van der Waals surface area contributed by atoms with Crippen molar-refractivity contribution in [2.24, 2.45) is 5.73 Å². The van der Waals surface area contributed by atoms with Gasteiger partial charge in [-0.3, -0.25) is 9.78 Å². The van der Waals surface area contributed by atoms with Gasteiger partial charge < -0.3 is 16.4 Å². The van der Waals surface area contributed by atoms with Crippen LogP contribution in [0.3, 0.4) is 0 Å². The van der Waals surface area contributed by atoms with Gasteiger partial charge >= 0.3 is 0 Å². The van der Waals surface area contributed by atoms with Gasteiger partial charge in [-0.05, 0) is 31.5 Å². The molecule has 0 aliphatic rings. The first-order chi connectivity index (χ1) is 9.90. The molecule has 5 heteroatoms. The zero-order chi connectivity index (χ0) is 15.6. The van der Waals surface area contributed by atoms with Gasteiger partial charge in [-0.25, -0.2) is 0 Å². The van der Waals surface area contributed by atoms with Gasteiger partial charge in [-0.15, -0.1) is 0 Å². The van der Waals surface area contributed by atoms with E-state index < -0.39 is 5.91 Å². The van der Waals surface area contributed by atoms with Crippen LogP contribution in [-0.4, -0.2) is 17.9 Å². The summed E-state index contributed by atoms with van der Waals surface area (Å²) in [5, 5.41) is 0. The number of nitrogens with zero attached hydrogens (tertiary/aromatic N) is 2. The number of para-hydroxylation sites is 1. The average molecular weight is 284 g/mol. The fraction of sp³-hybridized carbons (Fsp3) is 0.250. The van der Waals surface area contributed by atoms with Crippen LogP contribution >= 0.6 is 0 Å². The minimum atomic E-state index is -0.470. The number of pyridine rings is 1. The molecule has 1 aromatic heterocycles. The zero-order valence-electron chi connectivity index (χ0n) is 12.6. The highest BCUT2D eigenvalue weighted by atomic mass is 16.1. The van der Waals surface area contributed by atoms with Crippen molar-refractivity contribution in [3.05, 3.63) is 52.8 Å². The number of hydrogen-bond donors (Lipinski definition) is 2. The van der Waals surface area contributed by atoms with E-state index in [2.05, 4.69) is 4.98 Å². The number of amides is 1. The summed E-state index contributed by atoms with van der Waals surface area (Å²) >= 11 is 0. The van der Waals surface area contributed by atoms with Gasteiger partial charge in [-0.2, -0.15) is 0 Å². The topological polar surface area (TPSA) is 85.2 Å². The van der Waals surface area contributed by atoms with Gasteiger partial charge in [0.25, 0.3) is 5.91 Å². The maximum atomic E-state index is 11.7. The Morgan fingerprint density at radius 1 is 1.29 bits per heavy atom. The molecule has 0 spiro atoms. The Labute approximate surface area is 124 Å². The highest BCUT2D eigenvalue weighted by Crippen LogP contribution is 2.25. The molecular weight excluding hydrogens is 264 g/mol. The molecule has 2 rings (SSSR count). The van der Waals surface area contributed by atoms with E-state index in [4.69, 9.17) is 11.5 Å². The van der Waals surface area contributed by atoms with E-state index in [-0.39, 0.29) is 0 Å². The van der Waals surface area contributed by atoms with Crippen LogP contribution in [0.15, 0.2) is 30.3 Å². The lowest BCUT2D eigenvalue weighted by atomic mass is 10.1. The number of rotatable bonds is 4. The summed E-state index contributed by atoms with van der Waals surface area (Å²) in [5.41, 5.74) is 15.9. The molecule has 0 radical (unpaired) electrons. The third kappa shape index (κ3) is 3.13. The fourth-order valence-electron chi connectivity index (χ4n) is 2.43. The number of primary amides is 1. The number of nitrogen functional groups attached to an aromatic ring is 1. The van der Waals surface area contributed by atoms with Crippen molar-refractivity contribution in [1.82, 2.24) is 4.98 Å². The van der Waals surface area contributed by atoms with Gasteiger partial charge in [0, 0.05) is 25.0 Å². The number of carbonyl (C=O) groups excluding carboxylic acids is 1. The summed E-state index contributed by atoms with van der Waals surface area (Å²) < 4.78 is 0. The Morgan fingerprint density at radius 3 is 2.57 bits per heavy atom.